The Morgan fingerprint density at radius 1 is 1.18 bits per heavy atom. The molecule has 0 unspecified atom stereocenters. The number of hydrogen-bond donors (Lipinski definition) is 1. The normalized spacial score (nSPS) is 16.9. The summed E-state index contributed by atoms with van der Waals surface area (Å²) in [7, 11) is -1.69. The van der Waals surface area contributed by atoms with Gasteiger partial charge in [-0.25, -0.2) is 22.8 Å². The molecule has 8 nitrogen and oxygen atoms in total. The highest BCUT2D eigenvalue weighted by Crippen LogP contribution is 2.36. The van der Waals surface area contributed by atoms with Crippen LogP contribution in [0.2, 0.25) is 0 Å². The van der Waals surface area contributed by atoms with Gasteiger partial charge in [0.2, 0.25) is 5.88 Å². The number of halogens is 4. The number of benzene rings is 1. The first-order chi connectivity index (χ1) is 16.0. The number of anilines is 2. The van der Waals surface area contributed by atoms with Gasteiger partial charge in [-0.05, 0) is 19.1 Å². The van der Waals surface area contributed by atoms with E-state index < -0.39 is 33.4 Å². The van der Waals surface area contributed by atoms with Crippen molar-refractivity contribution in [3.05, 3.63) is 47.5 Å². The molecule has 182 valence electrons. The predicted molar refractivity (Wildman–Crippen MR) is 118 cm³/mol. The van der Waals surface area contributed by atoms with Gasteiger partial charge >= 0.3 is 6.18 Å². The highest BCUT2D eigenvalue weighted by atomic mass is 32.2. The second-order valence-electron chi connectivity index (χ2n) is 7.82. The van der Waals surface area contributed by atoms with Crippen LogP contribution in [0.25, 0.3) is 11.0 Å². The van der Waals surface area contributed by atoms with Crippen LogP contribution in [0.3, 0.4) is 0 Å². The number of alkyl halides is 3. The monoisotopic (exact) mass is 499 g/mol. The number of sulfone groups is 1. The average Bonchev–Trinajstić information content (AvgIpc) is 2.78. The van der Waals surface area contributed by atoms with Crippen molar-refractivity contribution in [1.82, 2.24) is 15.0 Å². The van der Waals surface area contributed by atoms with Gasteiger partial charge in [-0.2, -0.15) is 18.2 Å². The van der Waals surface area contributed by atoms with Gasteiger partial charge in [0.25, 0.3) is 0 Å². The lowest BCUT2D eigenvalue weighted by Gasteiger charge is -2.29. The summed E-state index contributed by atoms with van der Waals surface area (Å²) in [5, 5.41) is 3.37. The van der Waals surface area contributed by atoms with E-state index >= 15 is 0 Å². The Labute approximate surface area is 192 Å². The van der Waals surface area contributed by atoms with Gasteiger partial charge < -0.3 is 15.0 Å². The zero-order valence-corrected chi connectivity index (χ0v) is 19.0. The third-order valence-electron chi connectivity index (χ3n) is 5.60. The molecular weight excluding hydrogens is 478 g/mol. The van der Waals surface area contributed by atoms with Crippen LogP contribution in [-0.2, 0) is 16.0 Å². The molecule has 0 saturated carbocycles. The molecule has 1 atom stereocenters. The van der Waals surface area contributed by atoms with E-state index in [1.54, 1.807) is 6.07 Å². The SMILES string of the molecule is COc1nc2ncnc(N[C@H](C)c3cccc(C(F)(F)F)c3F)c2cc1N1CCS(=O)(=O)CC1. The largest absolute Gasteiger partial charge is 0.479 e. The molecule has 0 bridgehead atoms. The zero-order chi connectivity index (χ0) is 24.7. The van der Waals surface area contributed by atoms with Crippen molar-refractivity contribution in [1.29, 1.82) is 0 Å². The van der Waals surface area contributed by atoms with Crippen molar-refractivity contribution in [3.63, 3.8) is 0 Å². The molecule has 0 amide bonds. The van der Waals surface area contributed by atoms with Gasteiger partial charge in [0.1, 0.15) is 23.6 Å². The van der Waals surface area contributed by atoms with Crippen molar-refractivity contribution in [2.24, 2.45) is 0 Å². The van der Waals surface area contributed by atoms with Crippen LogP contribution in [0.1, 0.15) is 24.1 Å². The Morgan fingerprint density at radius 3 is 2.53 bits per heavy atom. The molecule has 2 aromatic heterocycles. The summed E-state index contributed by atoms with van der Waals surface area (Å²) >= 11 is 0. The van der Waals surface area contributed by atoms with Gasteiger partial charge in [-0.1, -0.05) is 12.1 Å². The molecule has 13 heteroatoms. The number of nitrogens with one attached hydrogen (secondary N) is 1. The number of nitrogens with zero attached hydrogens (tertiary/aromatic N) is 4. The average molecular weight is 499 g/mol. The molecule has 34 heavy (non-hydrogen) atoms. The molecule has 1 aromatic carbocycles. The number of rotatable bonds is 5. The van der Waals surface area contributed by atoms with Crippen molar-refractivity contribution in [2.45, 2.75) is 19.1 Å². The first-order valence-corrected chi connectivity index (χ1v) is 12.1. The Bertz CT molecular complexity index is 1320. The number of ether oxygens (including phenoxy) is 1. The molecule has 4 rings (SSSR count). The summed E-state index contributed by atoms with van der Waals surface area (Å²) in [5.41, 5.74) is -0.746. The summed E-state index contributed by atoms with van der Waals surface area (Å²) in [4.78, 5) is 14.5. The second kappa shape index (κ2) is 8.85. The fraction of sp³-hybridized carbons (Fsp3) is 0.381. The molecule has 0 spiro atoms. The van der Waals surface area contributed by atoms with Crippen LogP contribution in [0.4, 0.5) is 29.1 Å². The molecular formula is C21H21F4N5O3S. The summed E-state index contributed by atoms with van der Waals surface area (Å²) in [5.74, 6) is -0.917. The molecule has 1 N–H and O–H groups in total. The van der Waals surface area contributed by atoms with Gasteiger partial charge in [0.15, 0.2) is 15.5 Å². The van der Waals surface area contributed by atoms with Crippen molar-refractivity contribution in [2.75, 3.05) is 41.9 Å². The van der Waals surface area contributed by atoms with Gasteiger partial charge in [-0.3, -0.25) is 0 Å². The summed E-state index contributed by atoms with van der Waals surface area (Å²) in [6.45, 7) is 2.00. The van der Waals surface area contributed by atoms with Crippen molar-refractivity contribution in [3.8, 4) is 5.88 Å². The van der Waals surface area contributed by atoms with E-state index in [-0.39, 0.29) is 47.5 Å². The van der Waals surface area contributed by atoms with E-state index in [4.69, 9.17) is 4.74 Å². The fourth-order valence-corrected chi connectivity index (χ4v) is 4.99. The van der Waals surface area contributed by atoms with Crippen LogP contribution in [-0.4, -0.2) is 55.1 Å². The second-order valence-corrected chi connectivity index (χ2v) is 10.1. The Morgan fingerprint density at radius 2 is 1.88 bits per heavy atom. The molecule has 0 radical (unpaired) electrons. The van der Waals surface area contributed by atoms with Crippen LogP contribution in [0, 0.1) is 5.82 Å². The van der Waals surface area contributed by atoms with E-state index in [0.717, 1.165) is 6.07 Å². The van der Waals surface area contributed by atoms with Crippen molar-refractivity contribution < 1.29 is 30.7 Å². The maximum absolute atomic E-state index is 14.6. The standard InChI is InChI=1S/C21H21F4N5O3S/c1-12(13-4-3-5-15(17(13)22)21(23,24)25)28-18-14-10-16(30-6-8-34(31,32)9-7-30)20(33-2)29-19(14)27-11-26-18/h3-5,10-12H,6-9H2,1-2H3,(H,26,27,28,29)/t12-/m1/s1. The highest BCUT2D eigenvalue weighted by Gasteiger charge is 2.35. The maximum atomic E-state index is 14.6. The first-order valence-electron chi connectivity index (χ1n) is 10.3. The van der Waals surface area contributed by atoms with Crippen molar-refractivity contribution >= 4 is 32.4 Å². The molecule has 3 heterocycles. The Hall–Kier alpha value is -3.22. The smallest absolute Gasteiger partial charge is 0.419 e. The maximum Gasteiger partial charge on any atom is 0.419 e. The number of hydrogen-bond acceptors (Lipinski definition) is 8. The van der Waals surface area contributed by atoms with E-state index in [1.165, 1.54) is 26.4 Å². The predicted octanol–water partition coefficient (Wildman–Crippen LogP) is 3.60. The number of pyridine rings is 1. The van der Waals surface area contributed by atoms with Gasteiger partial charge in [0.05, 0.1) is 35.6 Å². The lowest BCUT2D eigenvalue weighted by molar-refractivity contribution is -0.140. The Kier molecular flexibility index (Phi) is 6.23. The topological polar surface area (TPSA) is 97.3 Å². The summed E-state index contributed by atoms with van der Waals surface area (Å²) in [6.07, 6.45) is -3.60. The number of methoxy groups -OCH3 is 1. The highest BCUT2D eigenvalue weighted by molar-refractivity contribution is 7.91. The Balaban J connectivity index is 1.71. The number of fused-ring (bicyclic) bond motifs is 1. The van der Waals surface area contributed by atoms with Crippen LogP contribution in [0.15, 0.2) is 30.6 Å². The van der Waals surface area contributed by atoms with Crippen LogP contribution < -0.4 is 15.0 Å². The molecule has 1 aliphatic rings. The lowest BCUT2D eigenvalue weighted by Crippen LogP contribution is -2.40. The van der Waals surface area contributed by atoms with E-state index in [1.807, 2.05) is 4.90 Å². The number of aromatic nitrogens is 3. The fourth-order valence-electron chi connectivity index (χ4n) is 3.79. The minimum atomic E-state index is -4.82. The first kappa shape index (κ1) is 23.9. The quantitative estimate of drug-likeness (QED) is 0.532. The van der Waals surface area contributed by atoms with Crippen LogP contribution >= 0.6 is 0 Å². The lowest BCUT2D eigenvalue weighted by atomic mass is 10.0. The van der Waals surface area contributed by atoms with E-state index in [0.29, 0.717) is 17.1 Å². The molecule has 1 saturated heterocycles. The minimum Gasteiger partial charge on any atom is -0.479 e. The van der Waals surface area contributed by atoms with E-state index in [2.05, 4.69) is 20.3 Å². The third-order valence-corrected chi connectivity index (χ3v) is 7.21. The molecule has 0 aliphatic carbocycles. The third kappa shape index (κ3) is 4.69. The molecule has 1 fully saturated rings. The summed E-state index contributed by atoms with van der Waals surface area (Å²) < 4.78 is 83.0. The van der Waals surface area contributed by atoms with E-state index in [9.17, 15) is 26.0 Å². The van der Waals surface area contributed by atoms with Gasteiger partial charge in [-0.15, -0.1) is 0 Å². The zero-order valence-electron chi connectivity index (χ0n) is 18.2. The molecule has 3 aromatic rings. The summed E-state index contributed by atoms with van der Waals surface area (Å²) in [6, 6.07) is 3.91. The minimum absolute atomic E-state index is 0.0174. The van der Waals surface area contributed by atoms with Gasteiger partial charge in [0, 0.05) is 18.7 Å². The molecule has 1 aliphatic heterocycles. The van der Waals surface area contributed by atoms with Crippen LogP contribution in [0.5, 0.6) is 5.88 Å².